The number of methoxy groups -OCH3 is 2. The standard InChI is InChI=1S/C9H10ClNO3/c1-5-8(13-2)7(10)6(4-11-5)9(12)14-3/h4H,1-3H3. The molecule has 0 aromatic carbocycles. The van der Waals surface area contributed by atoms with E-state index >= 15 is 0 Å². The second-order valence-electron chi connectivity index (χ2n) is 2.60. The molecular formula is C9H10ClNO3. The summed E-state index contributed by atoms with van der Waals surface area (Å²) in [5.74, 6) is -0.129. The van der Waals surface area contributed by atoms with Gasteiger partial charge in [-0.25, -0.2) is 4.79 Å². The van der Waals surface area contributed by atoms with Crippen LogP contribution in [-0.2, 0) is 4.74 Å². The topological polar surface area (TPSA) is 48.4 Å². The number of ether oxygens (including phenoxy) is 2. The molecule has 0 N–H and O–H groups in total. The van der Waals surface area contributed by atoms with Gasteiger partial charge in [-0.1, -0.05) is 11.6 Å². The van der Waals surface area contributed by atoms with Gasteiger partial charge in [-0.3, -0.25) is 4.98 Å². The van der Waals surface area contributed by atoms with E-state index in [-0.39, 0.29) is 10.6 Å². The quantitative estimate of drug-likeness (QED) is 0.707. The number of esters is 1. The molecule has 0 saturated carbocycles. The summed E-state index contributed by atoms with van der Waals surface area (Å²) in [7, 11) is 2.75. The van der Waals surface area contributed by atoms with Crippen LogP contribution in [0, 0.1) is 6.92 Å². The van der Waals surface area contributed by atoms with Crippen LogP contribution in [0.1, 0.15) is 16.1 Å². The molecule has 1 heterocycles. The summed E-state index contributed by atoms with van der Waals surface area (Å²) >= 11 is 5.92. The van der Waals surface area contributed by atoms with Gasteiger partial charge in [-0.15, -0.1) is 0 Å². The zero-order valence-electron chi connectivity index (χ0n) is 8.13. The number of carbonyl (C=O) groups is 1. The Bertz CT molecular complexity index is 365. The number of nitrogens with zero attached hydrogens (tertiary/aromatic N) is 1. The number of aryl methyl sites for hydroxylation is 1. The van der Waals surface area contributed by atoms with E-state index in [0.29, 0.717) is 11.4 Å². The van der Waals surface area contributed by atoms with E-state index in [1.807, 2.05) is 0 Å². The van der Waals surface area contributed by atoms with Gasteiger partial charge in [0.05, 0.1) is 19.9 Å². The Morgan fingerprint density at radius 1 is 1.50 bits per heavy atom. The number of hydrogen-bond acceptors (Lipinski definition) is 4. The minimum Gasteiger partial charge on any atom is -0.493 e. The van der Waals surface area contributed by atoms with E-state index in [9.17, 15) is 4.79 Å². The minimum atomic E-state index is -0.527. The summed E-state index contributed by atoms with van der Waals surface area (Å²) in [4.78, 5) is 15.2. The van der Waals surface area contributed by atoms with Crippen molar-refractivity contribution in [2.45, 2.75) is 6.92 Å². The van der Waals surface area contributed by atoms with Crippen LogP contribution in [0.5, 0.6) is 5.75 Å². The van der Waals surface area contributed by atoms with Gasteiger partial charge in [0.1, 0.15) is 10.6 Å². The number of hydrogen-bond donors (Lipinski definition) is 0. The molecule has 0 amide bonds. The highest BCUT2D eigenvalue weighted by molar-refractivity contribution is 6.35. The monoisotopic (exact) mass is 215 g/mol. The van der Waals surface area contributed by atoms with E-state index in [0.717, 1.165) is 0 Å². The van der Waals surface area contributed by atoms with Crippen molar-refractivity contribution in [3.63, 3.8) is 0 Å². The highest BCUT2D eigenvalue weighted by atomic mass is 35.5. The first-order valence-corrected chi connectivity index (χ1v) is 4.27. The summed E-state index contributed by atoms with van der Waals surface area (Å²) in [6.07, 6.45) is 1.37. The van der Waals surface area contributed by atoms with Crippen molar-refractivity contribution in [1.82, 2.24) is 4.98 Å². The Hall–Kier alpha value is -1.29. The van der Waals surface area contributed by atoms with Gasteiger partial charge in [0.25, 0.3) is 0 Å². The zero-order chi connectivity index (χ0) is 10.7. The van der Waals surface area contributed by atoms with Crippen LogP contribution in [0.4, 0.5) is 0 Å². The minimum absolute atomic E-state index is 0.205. The number of pyridine rings is 1. The van der Waals surface area contributed by atoms with Crippen LogP contribution in [-0.4, -0.2) is 25.2 Å². The van der Waals surface area contributed by atoms with E-state index in [4.69, 9.17) is 16.3 Å². The summed E-state index contributed by atoms with van der Waals surface area (Å²) in [5.41, 5.74) is 0.835. The summed E-state index contributed by atoms with van der Waals surface area (Å²) < 4.78 is 9.55. The number of carbonyl (C=O) groups excluding carboxylic acids is 1. The maximum absolute atomic E-state index is 11.2. The second kappa shape index (κ2) is 4.28. The molecule has 0 aliphatic heterocycles. The van der Waals surface area contributed by atoms with Crippen molar-refractivity contribution in [3.8, 4) is 5.75 Å². The molecular weight excluding hydrogens is 206 g/mol. The summed E-state index contributed by atoms with van der Waals surface area (Å²) in [6, 6.07) is 0. The normalized spacial score (nSPS) is 9.71. The number of aromatic nitrogens is 1. The molecule has 1 aromatic rings. The van der Waals surface area contributed by atoms with Gasteiger partial charge in [0.15, 0.2) is 5.75 Å². The van der Waals surface area contributed by atoms with Crippen LogP contribution >= 0.6 is 11.6 Å². The Morgan fingerprint density at radius 3 is 2.64 bits per heavy atom. The molecule has 0 radical (unpaired) electrons. The van der Waals surface area contributed by atoms with Gasteiger partial charge >= 0.3 is 5.97 Å². The highest BCUT2D eigenvalue weighted by Gasteiger charge is 2.17. The molecule has 1 rings (SSSR count). The maximum Gasteiger partial charge on any atom is 0.341 e. The third kappa shape index (κ3) is 1.80. The van der Waals surface area contributed by atoms with E-state index in [1.165, 1.54) is 20.4 Å². The van der Waals surface area contributed by atoms with Gasteiger partial charge < -0.3 is 9.47 Å². The summed E-state index contributed by atoms with van der Waals surface area (Å²) in [6.45, 7) is 1.74. The molecule has 0 spiro atoms. The van der Waals surface area contributed by atoms with Crippen molar-refractivity contribution in [1.29, 1.82) is 0 Å². The Labute approximate surface area is 86.8 Å². The molecule has 0 bridgehead atoms. The first-order chi connectivity index (χ1) is 6.61. The average Bonchev–Trinajstić information content (AvgIpc) is 2.18. The van der Waals surface area contributed by atoms with Crippen molar-refractivity contribution >= 4 is 17.6 Å². The van der Waals surface area contributed by atoms with Crippen LogP contribution in [0.2, 0.25) is 5.02 Å². The highest BCUT2D eigenvalue weighted by Crippen LogP contribution is 2.30. The van der Waals surface area contributed by atoms with Crippen molar-refractivity contribution in [3.05, 3.63) is 22.5 Å². The lowest BCUT2D eigenvalue weighted by Gasteiger charge is -2.08. The summed E-state index contributed by atoms with van der Waals surface area (Å²) in [5, 5.41) is 0.229. The molecule has 5 heteroatoms. The predicted octanol–water partition coefficient (Wildman–Crippen LogP) is 1.84. The largest absolute Gasteiger partial charge is 0.493 e. The molecule has 0 atom stereocenters. The lowest BCUT2D eigenvalue weighted by atomic mass is 10.2. The van der Waals surface area contributed by atoms with E-state index in [1.54, 1.807) is 6.92 Å². The smallest absolute Gasteiger partial charge is 0.341 e. The lowest BCUT2D eigenvalue weighted by molar-refractivity contribution is 0.0600. The second-order valence-corrected chi connectivity index (χ2v) is 2.97. The fraction of sp³-hybridized carbons (Fsp3) is 0.333. The molecule has 4 nitrogen and oxygen atoms in total. The molecule has 14 heavy (non-hydrogen) atoms. The Morgan fingerprint density at radius 2 is 2.14 bits per heavy atom. The first kappa shape index (κ1) is 10.8. The average molecular weight is 216 g/mol. The predicted molar refractivity (Wildman–Crippen MR) is 51.9 cm³/mol. The molecule has 0 aliphatic carbocycles. The van der Waals surface area contributed by atoms with Crippen LogP contribution in [0.15, 0.2) is 6.20 Å². The molecule has 0 fully saturated rings. The van der Waals surface area contributed by atoms with Gasteiger partial charge in [-0.2, -0.15) is 0 Å². The zero-order valence-corrected chi connectivity index (χ0v) is 8.88. The Kier molecular flexibility index (Phi) is 3.30. The third-order valence-corrected chi connectivity index (χ3v) is 2.14. The lowest BCUT2D eigenvalue weighted by Crippen LogP contribution is -2.05. The molecule has 0 unspecified atom stereocenters. The van der Waals surface area contributed by atoms with E-state index < -0.39 is 5.97 Å². The Balaban J connectivity index is 3.28. The van der Waals surface area contributed by atoms with Gasteiger partial charge in [-0.05, 0) is 6.92 Å². The van der Waals surface area contributed by atoms with Crippen LogP contribution in [0.3, 0.4) is 0 Å². The molecule has 1 aromatic heterocycles. The maximum atomic E-state index is 11.2. The first-order valence-electron chi connectivity index (χ1n) is 3.89. The molecule has 0 aliphatic rings. The number of halogens is 1. The van der Waals surface area contributed by atoms with E-state index in [2.05, 4.69) is 9.72 Å². The van der Waals surface area contributed by atoms with Crippen LogP contribution < -0.4 is 4.74 Å². The van der Waals surface area contributed by atoms with Gasteiger partial charge in [0.2, 0.25) is 0 Å². The fourth-order valence-corrected chi connectivity index (χ4v) is 1.39. The SMILES string of the molecule is COC(=O)c1cnc(C)c(OC)c1Cl. The van der Waals surface area contributed by atoms with Crippen molar-refractivity contribution < 1.29 is 14.3 Å². The van der Waals surface area contributed by atoms with Crippen LogP contribution in [0.25, 0.3) is 0 Å². The molecule has 76 valence electrons. The fourth-order valence-electron chi connectivity index (χ4n) is 1.05. The van der Waals surface area contributed by atoms with Gasteiger partial charge in [0, 0.05) is 6.20 Å². The van der Waals surface area contributed by atoms with Crippen molar-refractivity contribution in [2.75, 3.05) is 14.2 Å². The number of rotatable bonds is 2. The molecule has 0 saturated heterocycles. The van der Waals surface area contributed by atoms with Crippen molar-refractivity contribution in [2.24, 2.45) is 0 Å². The third-order valence-electron chi connectivity index (χ3n) is 1.76.